The predicted molar refractivity (Wildman–Crippen MR) is 136 cm³/mol. The van der Waals surface area contributed by atoms with E-state index in [1.807, 2.05) is 20.0 Å². The standard InChI is InChI=1S/C25H26N6O6S/c1-12-6-7-19(26-9-12)18-8-17(18)11-34-22-13(2)21(27-15(4)28-22)31(10-20-30-29-16(5)38-20)24(32)36-23-14(3)35-25(33)37-23/h6-7,9,17-18H,8,10-11H2,1-5H3/t17-,18+/m1/s1. The molecule has 0 radical (unpaired) electrons. The van der Waals surface area contributed by atoms with Crippen molar-refractivity contribution in [3.8, 4) is 11.8 Å². The third-order valence-electron chi connectivity index (χ3n) is 6.08. The third kappa shape index (κ3) is 5.57. The lowest BCUT2D eigenvalue weighted by atomic mass is 10.2. The quantitative estimate of drug-likeness (QED) is 0.318. The highest BCUT2D eigenvalue weighted by molar-refractivity contribution is 7.11. The number of carbonyl (C=O) groups is 1. The van der Waals surface area contributed by atoms with Gasteiger partial charge < -0.3 is 18.3 Å². The average Bonchev–Trinajstić information content (AvgIpc) is 3.42. The number of carbonyl (C=O) groups excluding carboxylic acids is 1. The Morgan fingerprint density at radius 3 is 2.61 bits per heavy atom. The van der Waals surface area contributed by atoms with E-state index in [2.05, 4.69) is 37.3 Å². The fourth-order valence-electron chi connectivity index (χ4n) is 4.00. The first-order valence-electron chi connectivity index (χ1n) is 12.0. The van der Waals surface area contributed by atoms with Crippen LogP contribution in [0.4, 0.5) is 10.6 Å². The van der Waals surface area contributed by atoms with E-state index in [1.165, 1.54) is 23.2 Å². The summed E-state index contributed by atoms with van der Waals surface area (Å²) in [6.45, 7) is 9.24. The molecule has 1 amide bonds. The summed E-state index contributed by atoms with van der Waals surface area (Å²) >= 11 is 1.33. The average molecular weight is 539 g/mol. The van der Waals surface area contributed by atoms with Crippen molar-refractivity contribution in [3.05, 3.63) is 67.4 Å². The molecule has 0 N–H and O–H groups in total. The van der Waals surface area contributed by atoms with E-state index in [9.17, 15) is 9.59 Å². The van der Waals surface area contributed by atoms with Crippen LogP contribution in [0, 0.1) is 40.5 Å². The van der Waals surface area contributed by atoms with Crippen LogP contribution in [0.5, 0.6) is 11.8 Å². The van der Waals surface area contributed by atoms with Gasteiger partial charge in [-0.15, -0.1) is 10.2 Å². The van der Waals surface area contributed by atoms with Crippen molar-refractivity contribution >= 4 is 23.2 Å². The first kappa shape index (κ1) is 25.5. The lowest BCUT2D eigenvalue weighted by Gasteiger charge is -2.22. The van der Waals surface area contributed by atoms with Gasteiger partial charge in [-0.05, 0) is 45.7 Å². The molecule has 0 saturated heterocycles. The molecule has 13 heteroatoms. The predicted octanol–water partition coefficient (Wildman–Crippen LogP) is 4.20. The van der Waals surface area contributed by atoms with Crippen LogP contribution in [0.3, 0.4) is 0 Å². The number of ether oxygens (including phenoxy) is 2. The van der Waals surface area contributed by atoms with Gasteiger partial charge >= 0.3 is 17.9 Å². The van der Waals surface area contributed by atoms with E-state index < -0.39 is 11.9 Å². The van der Waals surface area contributed by atoms with Crippen LogP contribution in [0.25, 0.3) is 0 Å². The van der Waals surface area contributed by atoms with Crippen LogP contribution < -0.4 is 20.2 Å². The minimum atomic E-state index is -0.972. The summed E-state index contributed by atoms with van der Waals surface area (Å²) < 4.78 is 21.1. The Hall–Kier alpha value is -4.13. The SMILES string of the molecule is Cc1ccc([C@H]2C[C@@H]2COc2nc(C)nc(N(Cc3nnc(C)s3)C(=O)Oc3oc(=O)oc3C)c2C)nc1. The van der Waals surface area contributed by atoms with Crippen molar-refractivity contribution in [2.75, 3.05) is 11.5 Å². The zero-order chi connectivity index (χ0) is 27.0. The summed E-state index contributed by atoms with van der Waals surface area (Å²) in [5.41, 5.74) is 2.73. The molecule has 1 aliphatic carbocycles. The van der Waals surface area contributed by atoms with Gasteiger partial charge in [0.15, 0.2) is 5.76 Å². The molecule has 38 heavy (non-hydrogen) atoms. The maximum absolute atomic E-state index is 13.3. The molecule has 5 rings (SSSR count). The number of nitrogens with zero attached hydrogens (tertiary/aromatic N) is 6. The van der Waals surface area contributed by atoms with Crippen molar-refractivity contribution in [1.82, 2.24) is 25.1 Å². The van der Waals surface area contributed by atoms with Gasteiger partial charge in [0.2, 0.25) is 5.88 Å². The molecule has 0 aliphatic heterocycles. The molecule has 198 valence electrons. The first-order chi connectivity index (χ1) is 18.2. The van der Waals surface area contributed by atoms with Gasteiger partial charge in [0.05, 0.1) is 18.7 Å². The second kappa shape index (κ2) is 10.3. The van der Waals surface area contributed by atoms with Crippen molar-refractivity contribution in [2.24, 2.45) is 5.92 Å². The van der Waals surface area contributed by atoms with Crippen molar-refractivity contribution in [2.45, 2.75) is 53.5 Å². The van der Waals surface area contributed by atoms with E-state index in [0.29, 0.717) is 40.7 Å². The highest BCUT2D eigenvalue weighted by atomic mass is 32.1. The van der Waals surface area contributed by atoms with E-state index in [1.54, 1.807) is 13.8 Å². The number of hydrogen-bond donors (Lipinski definition) is 0. The summed E-state index contributed by atoms with van der Waals surface area (Å²) in [6, 6.07) is 4.12. The molecular formula is C25H26N6O6S. The maximum atomic E-state index is 13.3. The third-order valence-corrected chi connectivity index (χ3v) is 6.90. The fraction of sp³-hybridized carbons (Fsp3) is 0.400. The van der Waals surface area contributed by atoms with Crippen molar-refractivity contribution in [1.29, 1.82) is 0 Å². The Labute approximate surface area is 221 Å². The normalized spacial score (nSPS) is 16.3. The number of anilines is 1. The van der Waals surface area contributed by atoms with Crippen LogP contribution >= 0.6 is 11.3 Å². The molecule has 2 atom stereocenters. The Morgan fingerprint density at radius 2 is 1.95 bits per heavy atom. The Morgan fingerprint density at radius 1 is 1.13 bits per heavy atom. The molecule has 4 aromatic rings. The lowest BCUT2D eigenvalue weighted by Crippen LogP contribution is -2.35. The number of amides is 1. The molecule has 1 fully saturated rings. The van der Waals surface area contributed by atoms with E-state index in [-0.39, 0.29) is 24.1 Å². The summed E-state index contributed by atoms with van der Waals surface area (Å²) in [7, 11) is 0. The minimum Gasteiger partial charge on any atom is -0.477 e. The first-order valence-corrected chi connectivity index (χ1v) is 12.8. The summed E-state index contributed by atoms with van der Waals surface area (Å²) in [5.74, 6) is 0.457. The molecule has 1 saturated carbocycles. The minimum absolute atomic E-state index is 0.0198. The topological polar surface area (TPSA) is 147 Å². The van der Waals surface area contributed by atoms with E-state index in [0.717, 1.165) is 22.7 Å². The van der Waals surface area contributed by atoms with Crippen LogP contribution in [-0.4, -0.2) is 37.8 Å². The highest BCUT2D eigenvalue weighted by Crippen LogP contribution is 2.47. The molecule has 0 spiro atoms. The summed E-state index contributed by atoms with van der Waals surface area (Å²) in [5, 5.41) is 9.46. The van der Waals surface area contributed by atoms with Gasteiger partial charge in [0.25, 0.3) is 0 Å². The number of aromatic nitrogens is 5. The lowest BCUT2D eigenvalue weighted by molar-refractivity contribution is 0.191. The number of hydrogen-bond acceptors (Lipinski definition) is 12. The van der Waals surface area contributed by atoms with Crippen LogP contribution in [0.15, 0.2) is 32.0 Å². The van der Waals surface area contributed by atoms with Crippen LogP contribution in [0.2, 0.25) is 0 Å². The second-order valence-corrected chi connectivity index (χ2v) is 10.4. The molecule has 0 bridgehead atoms. The fourth-order valence-corrected chi connectivity index (χ4v) is 4.69. The maximum Gasteiger partial charge on any atom is 0.521 e. The van der Waals surface area contributed by atoms with Gasteiger partial charge in [0, 0.05) is 30.7 Å². The second-order valence-electron chi connectivity index (χ2n) is 9.16. The molecular weight excluding hydrogens is 512 g/mol. The van der Waals surface area contributed by atoms with E-state index in [4.69, 9.17) is 18.3 Å². The zero-order valence-corrected chi connectivity index (χ0v) is 22.4. The summed E-state index contributed by atoms with van der Waals surface area (Å²) in [4.78, 5) is 39.5. The number of rotatable bonds is 8. The molecule has 4 aromatic heterocycles. The van der Waals surface area contributed by atoms with Crippen LogP contribution in [-0.2, 0) is 6.54 Å². The Balaban J connectivity index is 1.38. The molecule has 0 aromatic carbocycles. The largest absolute Gasteiger partial charge is 0.521 e. The molecule has 0 unspecified atom stereocenters. The van der Waals surface area contributed by atoms with Crippen molar-refractivity contribution in [3.63, 3.8) is 0 Å². The van der Waals surface area contributed by atoms with Crippen LogP contribution in [0.1, 0.15) is 50.8 Å². The number of pyridine rings is 1. The van der Waals surface area contributed by atoms with Crippen molar-refractivity contribution < 1.29 is 23.1 Å². The van der Waals surface area contributed by atoms with Gasteiger partial charge in [-0.25, -0.2) is 14.6 Å². The van der Waals surface area contributed by atoms with Gasteiger partial charge in [-0.2, -0.15) is 4.98 Å². The summed E-state index contributed by atoms with van der Waals surface area (Å²) in [6.07, 6.45) is 2.01. The Kier molecular flexibility index (Phi) is 6.93. The monoisotopic (exact) mass is 538 g/mol. The van der Waals surface area contributed by atoms with Gasteiger partial charge in [-0.1, -0.05) is 17.4 Å². The van der Waals surface area contributed by atoms with Gasteiger partial charge in [0.1, 0.15) is 21.7 Å². The Bertz CT molecular complexity index is 1530. The molecule has 4 heterocycles. The van der Waals surface area contributed by atoms with Gasteiger partial charge in [-0.3, -0.25) is 9.88 Å². The highest BCUT2D eigenvalue weighted by Gasteiger charge is 2.40. The smallest absolute Gasteiger partial charge is 0.477 e. The zero-order valence-electron chi connectivity index (χ0n) is 21.5. The molecule has 12 nitrogen and oxygen atoms in total. The number of aryl methyl sites for hydroxylation is 4. The molecule has 1 aliphatic rings. The van der Waals surface area contributed by atoms with E-state index >= 15 is 0 Å².